The Balaban J connectivity index is 1.83. The molecule has 21 heavy (non-hydrogen) atoms. The van der Waals surface area contributed by atoms with E-state index in [1.807, 2.05) is 0 Å². The van der Waals surface area contributed by atoms with Crippen LogP contribution in [-0.4, -0.2) is 42.5 Å². The number of aliphatic hydroxyl groups excluding tert-OH is 1. The Hall–Kier alpha value is -0.810. The first-order chi connectivity index (χ1) is 10.2. The highest BCUT2D eigenvalue weighted by atomic mass is 16.5. The summed E-state index contributed by atoms with van der Waals surface area (Å²) < 4.78 is 5.68. The molecule has 1 saturated carbocycles. The van der Waals surface area contributed by atoms with Gasteiger partial charge in [-0.3, -0.25) is 0 Å². The molecule has 0 spiro atoms. The molecule has 4 atom stereocenters. The SMILES string of the molecule is CCC(NC(=O)NC1CCCCCC1CO)C1CCCO1. The second-order valence-corrected chi connectivity index (χ2v) is 6.37. The van der Waals surface area contributed by atoms with Crippen LogP contribution in [0.4, 0.5) is 4.79 Å². The Morgan fingerprint density at radius 1 is 1.24 bits per heavy atom. The van der Waals surface area contributed by atoms with Gasteiger partial charge in [-0.25, -0.2) is 4.79 Å². The molecule has 2 aliphatic rings. The largest absolute Gasteiger partial charge is 0.396 e. The van der Waals surface area contributed by atoms with Crippen molar-refractivity contribution in [3.05, 3.63) is 0 Å². The lowest BCUT2D eigenvalue weighted by atomic mass is 9.96. The molecular weight excluding hydrogens is 268 g/mol. The third-order valence-corrected chi connectivity index (χ3v) is 4.88. The smallest absolute Gasteiger partial charge is 0.315 e. The Bertz CT molecular complexity index is 319. The van der Waals surface area contributed by atoms with E-state index in [1.54, 1.807) is 0 Å². The molecule has 1 aliphatic heterocycles. The lowest BCUT2D eigenvalue weighted by Gasteiger charge is -2.28. The first-order valence-corrected chi connectivity index (χ1v) is 8.54. The number of ether oxygens (including phenoxy) is 1. The van der Waals surface area contributed by atoms with E-state index in [2.05, 4.69) is 17.6 Å². The number of carbonyl (C=O) groups is 1. The molecule has 2 rings (SSSR count). The Kier molecular flexibility index (Phi) is 6.77. The van der Waals surface area contributed by atoms with Crippen molar-refractivity contribution in [2.24, 2.45) is 5.92 Å². The number of rotatable bonds is 5. The minimum atomic E-state index is -0.109. The fourth-order valence-corrected chi connectivity index (χ4v) is 3.55. The van der Waals surface area contributed by atoms with Gasteiger partial charge in [-0.05, 0) is 32.1 Å². The Morgan fingerprint density at radius 2 is 2.05 bits per heavy atom. The molecule has 122 valence electrons. The van der Waals surface area contributed by atoms with Crippen LogP contribution < -0.4 is 10.6 Å². The second-order valence-electron chi connectivity index (χ2n) is 6.37. The monoisotopic (exact) mass is 298 g/mol. The first-order valence-electron chi connectivity index (χ1n) is 8.54. The maximum absolute atomic E-state index is 12.3. The summed E-state index contributed by atoms with van der Waals surface area (Å²) in [6.07, 6.45) is 8.60. The highest BCUT2D eigenvalue weighted by Gasteiger charge is 2.28. The Labute approximate surface area is 127 Å². The molecule has 0 aromatic carbocycles. The van der Waals surface area contributed by atoms with E-state index in [1.165, 1.54) is 6.42 Å². The number of urea groups is 1. The number of amides is 2. The van der Waals surface area contributed by atoms with Gasteiger partial charge in [0.25, 0.3) is 0 Å². The van der Waals surface area contributed by atoms with Gasteiger partial charge in [-0.2, -0.15) is 0 Å². The zero-order valence-corrected chi connectivity index (χ0v) is 13.1. The lowest BCUT2D eigenvalue weighted by molar-refractivity contribution is 0.0790. The molecule has 2 amide bonds. The van der Waals surface area contributed by atoms with Gasteiger partial charge in [0, 0.05) is 25.2 Å². The van der Waals surface area contributed by atoms with Crippen LogP contribution >= 0.6 is 0 Å². The van der Waals surface area contributed by atoms with Crippen LogP contribution in [0.15, 0.2) is 0 Å². The third-order valence-electron chi connectivity index (χ3n) is 4.88. The summed E-state index contributed by atoms with van der Waals surface area (Å²) in [7, 11) is 0. The molecule has 5 heteroatoms. The number of nitrogens with one attached hydrogen (secondary N) is 2. The predicted molar refractivity (Wildman–Crippen MR) is 82.2 cm³/mol. The topological polar surface area (TPSA) is 70.6 Å². The summed E-state index contributed by atoms with van der Waals surface area (Å²) >= 11 is 0. The van der Waals surface area contributed by atoms with Crippen molar-refractivity contribution in [2.45, 2.75) is 76.5 Å². The minimum absolute atomic E-state index is 0.0888. The molecule has 1 saturated heterocycles. The van der Waals surface area contributed by atoms with Crippen molar-refractivity contribution in [1.82, 2.24) is 10.6 Å². The van der Waals surface area contributed by atoms with E-state index >= 15 is 0 Å². The average Bonchev–Trinajstić information content (AvgIpc) is 2.92. The van der Waals surface area contributed by atoms with E-state index in [0.29, 0.717) is 0 Å². The molecule has 4 unspecified atom stereocenters. The van der Waals surface area contributed by atoms with Gasteiger partial charge >= 0.3 is 6.03 Å². The van der Waals surface area contributed by atoms with Crippen LogP contribution in [0.5, 0.6) is 0 Å². The lowest BCUT2D eigenvalue weighted by Crippen LogP contribution is -2.51. The number of hydrogen-bond acceptors (Lipinski definition) is 3. The number of hydrogen-bond donors (Lipinski definition) is 3. The molecule has 5 nitrogen and oxygen atoms in total. The van der Waals surface area contributed by atoms with E-state index in [-0.39, 0.29) is 36.7 Å². The van der Waals surface area contributed by atoms with Crippen molar-refractivity contribution < 1.29 is 14.6 Å². The van der Waals surface area contributed by atoms with Crippen LogP contribution in [-0.2, 0) is 4.74 Å². The normalized spacial score (nSPS) is 31.4. The first kappa shape index (κ1) is 16.6. The second kappa shape index (κ2) is 8.59. The van der Waals surface area contributed by atoms with Gasteiger partial charge in [0.2, 0.25) is 0 Å². The predicted octanol–water partition coefficient (Wildman–Crippen LogP) is 2.18. The fourth-order valence-electron chi connectivity index (χ4n) is 3.55. The average molecular weight is 298 g/mol. The van der Waals surface area contributed by atoms with Crippen molar-refractivity contribution in [2.75, 3.05) is 13.2 Å². The van der Waals surface area contributed by atoms with Crippen molar-refractivity contribution in [3.63, 3.8) is 0 Å². The maximum Gasteiger partial charge on any atom is 0.315 e. The number of carbonyl (C=O) groups excluding carboxylic acids is 1. The van der Waals surface area contributed by atoms with Crippen LogP contribution in [0.25, 0.3) is 0 Å². The molecule has 1 heterocycles. The molecule has 1 aliphatic carbocycles. The Morgan fingerprint density at radius 3 is 2.71 bits per heavy atom. The molecule has 3 N–H and O–H groups in total. The molecule has 0 aromatic heterocycles. The maximum atomic E-state index is 12.3. The zero-order chi connectivity index (χ0) is 15.1. The van der Waals surface area contributed by atoms with Crippen molar-refractivity contribution in [3.8, 4) is 0 Å². The van der Waals surface area contributed by atoms with Crippen LogP contribution in [0.2, 0.25) is 0 Å². The molecule has 0 bridgehead atoms. The summed E-state index contributed by atoms with van der Waals surface area (Å²) in [6, 6.07) is 0.0769. The molecule has 0 aromatic rings. The molecule has 2 fully saturated rings. The van der Waals surface area contributed by atoms with Gasteiger partial charge in [-0.1, -0.05) is 26.2 Å². The van der Waals surface area contributed by atoms with E-state index in [4.69, 9.17) is 4.74 Å². The zero-order valence-electron chi connectivity index (χ0n) is 13.1. The van der Waals surface area contributed by atoms with Gasteiger partial charge in [0.05, 0.1) is 12.1 Å². The van der Waals surface area contributed by atoms with E-state index < -0.39 is 0 Å². The molecule has 0 radical (unpaired) electrons. The third kappa shape index (κ3) is 4.85. The van der Waals surface area contributed by atoms with Crippen LogP contribution in [0.3, 0.4) is 0 Å². The summed E-state index contributed by atoms with van der Waals surface area (Å²) in [6.45, 7) is 3.04. The van der Waals surface area contributed by atoms with Gasteiger partial charge in [-0.15, -0.1) is 0 Å². The highest BCUT2D eigenvalue weighted by Crippen LogP contribution is 2.23. The van der Waals surface area contributed by atoms with Crippen LogP contribution in [0.1, 0.15) is 58.3 Å². The van der Waals surface area contributed by atoms with Gasteiger partial charge in [0.1, 0.15) is 0 Å². The summed E-state index contributed by atoms with van der Waals surface area (Å²) in [5.41, 5.74) is 0. The highest BCUT2D eigenvalue weighted by molar-refractivity contribution is 5.74. The van der Waals surface area contributed by atoms with Gasteiger partial charge in [0.15, 0.2) is 0 Å². The van der Waals surface area contributed by atoms with Crippen molar-refractivity contribution >= 4 is 6.03 Å². The fraction of sp³-hybridized carbons (Fsp3) is 0.938. The quantitative estimate of drug-likeness (QED) is 0.681. The van der Waals surface area contributed by atoms with E-state index in [0.717, 1.165) is 51.6 Å². The molecular formula is C16H30N2O3. The van der Waals surface area contributed by atoms with Gasteiger partial charge < -0.3 is 20.5 Å². The minimum Gasteiger partial charge on any atom is -0.396 e. The standard InChI is InChI=1S/C16H30N2O3/c1-2-13(15-9-6-10-21-15)17-16(20)18-14-8-5-3-4-7-12(14)11-19/h12-15,19H,2-11H2,1H3,(H2,17,18,20). The summed E-state index contributed by atoms with van der Waals surface area (Å²) in [5.74, 6) is 0.195. The van der Waals surface area contributed by atoms with E-state index in [9.17, 15) is 9.90 Å². The summed E-state index contributed by atoms with van der Waals surface area (Å²) in [5, 5.41) is 15.7. The van der Waals surface area contributed by atoms with Crippen molar-refractivity contribution in [1.29, 1.82) is 0 Å². The number of aliphatic hydroxyl groups is 1. The summed E-state index contributed by atoms with van der Waals surface area (Å²) in [4.78, 5) is 12.3. The van der Waals surface area contributed by atoms with Crippen LogP contribution in [0, 0.1) is 5.92 Å².